The minimum atomic E-state index is -0.750. The van der Waals surface area contributed by atoms with E-state index < -0.39 is 5.60 Å². The van der Waals surface area contributed by atoms with Crippen molar-refractivity contribution in [1.82, 2.24) is 10.1 Å². The van der Waals surface area contributed by atoms with E-state index in [2.05, 4.69) is 5.16 Å². The molecule has 0 spiro atoms. The fourth-order valence-electron chi connectivity index (χ4n) is 1.79. The van der Waals surface area contributed by atoms with Crippen molar-refractivity contribution in [2.75, 3.05) is 19.7 Å². The second-order valence-corrected chi connectivity index (χ2v) is 5.07. The van der Waals surface area contributed by atoms with Gasteiger partial charge in [-0.3, -0.25) is 4.79 Å². The summed E-state index contributed by atoms with van der Waals surface area (Å²) in [6.07, 6.45) is 0. The fraction of sp³-hybridized carbons (Fsp3) is 0.667. The van der Waals surface area contributed by atoms with Gasteiger partial charge in [-0.05, 0) is 18.0 Å². The van der Waals surface area contributed by atoms with E-state index in [4.69, 9.17) is 9.26 Å². The van der Waals surface area contributed by atoms with Crippen LogP contribution >= 0.6 is 0 Å². The first-order chi connectivity index (χ1) is 8.40. The largest absolute Gasteiger partial charge is 0.465 e. The molecule has 1 aliphatic heterocycles. The van der Waals surface area contributed by atoms with E-state index in [1.807, 2.05) is 13.8 Å². The van der Waals surface area contributed by atoms with Crippen molar-refractivity contribution in [3.8, 4) is 5.88 Å². The lowest BCUT2D eigenvalue weighted by molar-refractivity contribution is -0.165. The molecule has 0 bridgehead atoms. The lowest BCUT2D eigenvalue weighted by Crippen LogP contribution is -2.66. The monoisotopic (exact) mass is 254 g/mol. The van der Waals surface area contributed by atoms with E-state index in [1.54, 1.807) is 17.9 Å². The van der Waals surface area contributed by atoms with Crippen LogP contribution in [0.25, 0.3) is 0 Å². The zero-order chi connectivity index (χ0) is 13.3. The Hall–Kier alpha value is -1.56. The van der Waals surface area contributed by atoms with E-state index >= 15 is 0 Å². The van der Waals surface area contributed by atoms with Gasteiger partial charge in [-0.15, -0.1) is 0 Å². The molecule has 1 saturated heterocycles. The van der Waals surface area contributed by atoms with Gasteiger partial charge in [0.25, 0.3) is 11.8 Å². The molecule has 6 heteroatoms. The summed E-state index contributed by atoms with van der Waals surface area (Å²) in [5, 5.41) is 13.7. The number of hydrogen-bond acceptors (Lipinski definition) is 5. The highest BCUT2D eigenvalue weighted by atomic mass is 16.5. The molecule has 1 aromatic heterocycles. The van der Waals surface area contributed by atoms with E-state index in [0.717, 1.165) is 0 Å². The van der Waals surface area contributed by atoms with Gasteiger partial charge in [-0.1, -0.05) is 13.8 Å². The molecule has 2 heterocycles. The van der Waals surface area contributed by atoms with Crippen molar-refractivity contribution in [2.24, 2.45) is 5.92 Å². The Morgan fingerprint density at radius 1 is 1.67 bits per heavy atom. The number of carbonyl (C=O) groups is 1. The summed E-state index contributed by atoms with van der Waals surface area (Å²) < 4.78 is 10.0. The van der Waals surface area contributed by atoms with Gasteiger partial charge in [-0.2, -0.15) is 0 Å². The quantitative estimate of drug-likeness (QED) is 0.851. The van der Waals surface area contributed by atoms with Gasteiger partial charge >= 0.3 is 0 Å². The lowest BCUT2D eigenvalue weighted by Gasteiger charge is -2.48. The Morgan fingerprint density at radius 2 is 2.33 bits per heavy atom. The minimum absolute atomic E-state index is 0.0832. The number of rotatable bonds is 4. The zero-order valence-electron chi connectivity index (χ0n) is 10.8. The first-order valence-electron chi connectivity index (χ1n) is 5.97. The summed E-state index contributed by atoms with van der Waals surface area (Å²) in [5.41, 5.74) is -0.750. The molecule has 2 rings (SSSR count). The van der Waals surface area contributed by atoms with Crippen molar-refractivity contribution in [1.29, 1.82) is 0 Å². The van der Waals surface area contributed by atoms with Crippen LogP contribution in [-0.2, 0) is 4.79 Å². The molecule has 0 atom stereocenters. The Morgan fingerprint density at radius 3 is 2.83 bits per heavy atom. The van der Waals surface area contributed by atoms with Gasteiger partial charge < -0.3 is 19.3 Å². The van der Waals surface area contributed by atoms with Gasteiger partial charge in [0.2, 0.25) is 0 Å². The SMILES string of the molecule is Cc1cc(OCC(=O)N2CC(O)(C(C)C)C2)no1. The Labute approximate surface area is 106 Å². The number of amides is 1. The van der Waals surface area contributed by atoms with E-state index in [-0.39, 0.29) is 18.4 Å². The smallest absolute Gasteiger partial charge is 0.260 e. The van der Waals surface area contributed by atoms with Crippen LogP contribution in [0.1, 0.15) is 19.6 Å². The highest BCUT2D eigenvalue weighted by molar-refractivity contribution is 5.79. The highest BCUT2D eigenvalue weighted by Gasteiger charge is 2.45. The lowest BCUT2D eigenvalue weighted by atomic mass is 9.83. The molecule has 1 N–H and O–H groups in total. The van der Waals surface area contributed by atoms with Gasteiger partial charge in [0.1, 0.15) is 11.4 Å². The fourth-order valence-corrected chi connectivity index (χ4v) is 1.79. The molecule has 0 aliphatic carbocycles. The molecular weight excluding hydrogens is 236 g/mol. The summed E-state index contributed by atoms with van der Waals surface area (Å²) in [4.78, 5) is 13.3. The zero-order valence-corrected chi connectivity index (χ0v) is 10.8. The number of aliphatic hydroxyl groups is 1. The molecule has 18 heavy (non-hydrogen) atoms. The second kappa shape index (κ2) is 4.61. The predicted octanol–water partition coefficient (Wildman–Crippen LogP) is 0.591. The molecule has 1 aromatic rings. The first-order valence-corrected chi connectivity index (χ1v) is 5.97. The summed E-state index contributed by atoms with van der Waals surface area (Å²) >= 11 is 0. The van der Waals surface area contributed by atoms with Crippen LogP contribution in [0.3, 0.4) is 0 Å². The summed E-state index contributed by atoms with van der Waals surface area (Å²) in [7, 11) is 0. The third-order valence-corrected chi connectivity index (χ3v) is 3.31. The molecule has 0 saturated carbocycles. The van der Waals surface area contributed by atoms with Gasteiger partial charge in [0.15, 0.2) is 6.61 Å². The normalized spacial score (nSPS) is 17.7. The van der Waals surface area contributed by atoms with Crippen LogP contribution in [0.4, 0.5) is 0 Å². The maximum Gasteiger partial charge on any atom is 0.260 e. The average molecular weight is 254 g/mol. The minimum Gasteiger partial charge on any atom is -0.465 e. The standard InChI is InChI=1S/C12H18N2O4/c1-8(2)12(16)6-14(7-12)11(15)5-17-10-4-9(3)18-13-10/h4,8,16H,5-7H2,1-3H3. The number of aryl methyl sites for hydroxylation is 1. The molecule has 1 amide bonds. The molecule has 0 unspecified atom stereocenters. The van der Waals surface area contributed by atoms with Crippen LogP contribution in [0.5, 0.6) is 5.88 Å². The van der Waals surface area contributed by atoms with E-state index in [1.165, 1.54) is 0 Å². The summed E-state index contributed by atoms with van der Waals surface area (Å²) in [6.45, 7) is 6.28. The topological polar surface area (TPSA) is 75.8 Å². The van der Waals surface area contributed by atoms with Crippen molar-refractivity contribution in [3.05, 3.63) is 11.8 Å². The number of hydrogen-bond donors (Lipinski definition) is 1. The second-order valence-electron chi connectivity index (χ2n) is 5.07. The maximum absolute atomic E-state index is 11.7. The van der Waals surface area contributed by atoms with Crippen LogP contribution in [-0.4, -0.2) is 46.4 Å². The third kappa shape index (κ3) is 2.48. The molecule has 1 fully saturated rings. The highest BCUT2D eigenvalue weighted by Crippen LogP contribution is 2.28. The summed E-state index contributed by atoms with van der Waals surface area (Å²) in [5.74, 6) is 0.928. The van der Waals surface area contributed by atoms with Crippen LogP contribution in [0, 0.1) is 12.8 Å². The van der Waals surface area contributed by atoms with Gasteiger partial charge in [0, 0.05) is 6.07 Å². The Balaban J connectivity index is 1.77. The number of β-amino-alcohol motifs (C(OH)–C–C–N with tert-alkyl or cyclic N) is 1. The average Bonchev–Trinajstić information content (AvgIpc) is 2.67. The molecule has 0 aromatic carbocycles. The molecule has 100 valence electrons. The van der Waals surface area contributed by atoms with Crippen molar-refractivity contribution >= 4 is 5.91 Å². The van der Waals surface area contributed by atoms with Crippen molar-refractivity contribution in [3.63, 3.8) is 0 Å². The Bertz CT molecular complexity index is 435. The van der Waals surface area contributed by atoms with Crippen LogP contribution in [0.15, 0.2) is 10.6 Å². The van der Waals surface area contributed by atoms with Crippen LogP contribution < -0.4 is 4.74 Å². The van der Waals surface area contributed by atoms with E-state index in [0.29, 0.717) is 24.7 Å². The molecule has 1 aliphatic rings. The van der Waals surface area contributed by atoms with E-state index in [9.17, 15) is 9.90 Å². The molecule has 0 radical (unpaired) electrons. The van der Waals surface area contributed by atoms with Gasteiger partial charge in [-0.25, -0.2) is 0 Å². The summed E-state index contributed by atoms with van der Waals surface area (Å²) in [6, 6.07) is 1.62. The van der Waals surface area contributed by atoms with Gasteiger partial charge in [0.05, 0.1) is 13.1 Å². The molecular formula is C12H18N2O4. The first kappa shape index (κ1) is 12.9. The maximum atomic E-state index is 11.7. The number of nitrogens with zero attached hydrogens (tertiary/aromatic N) is 2. The number of carbonyl (C=O) groups excluding carboxylic acids is 1. The number of likely N-dealkylation sites (tertiary alicyclic amines) is 1. The third-order valence-electron chi connectivity index (χ3n) is 3.31. The van der Waals surface area contributed by atoms with Crippen molar-refractivity contribution < 1.29 is 19.2 Å². The van der Waals surface area contributed by atoms with Crippen molar-refractivity contribution in [2.45, 2.75) is 26.4 Å². The number of aromatic nitrogens is 1. The Kier molecular flexibility index (Phi) is 3.30. The predicted molar refractivity (Wildman–Crippen MR) is 63.1 cm³/mol. The van der Waals surface area contributed by atoms with Crippen LogP contribution in [0.2, 0.25) is 0 Å². The molecule has 6 nitrogen and oxygen atoms in total. The number of ether oxygens (including phenoxy) is 1.